The van der Waals surface area contributed by atoms with Gasteiger partial charge in [-0.1, -0.05) is 6.07 Å². The second kappa shape index (κ2) is 6.09. The smallest absolute Gasteiger partial charge is 0.227 e. The van der Waals surface area contributed by atoms with Crippen molar-refractivity contribution in [2.45, 2.75) is 31.7 Å². The van der Waals surface area contributed by atoms with Crippen LogP contribution in [-0.4, -0.2) is 31.9 Å². The summed E-state index contributed by atoms with van der Waals surface area (Å²) in [6.45, 7) is 1.43. The summed E-state index contributed by atoms with van der Waals surface area (Å²) in [7, 11) is -3.01. The third-order valence-electron chi connectivity index (χ3n) is 3.73. The normalized spacial score (nSPS) is 20.0. The molecule has 1 fully saturated rings. The molecule has 0 spiro atoms. The number of nitrogens with one attached hydrogen (secondary N) is 1. The van der Waals surface area contributed by atoms with Gasteiger partial charge in [-0.3, -0.25) is 4.79 Å². The first kappa shape index (κ1) is 15.9. The highest BCUT2D eigenvalue weighted by atomic mass is 32.2. The maximum absolute atomic E-state index is 13.6. The van der Waals surface area contributed by atoms with Crippen molar-refractivity contribution in [2.75, 3.05) is 11.5 Å². The van der Waals surface area contributed by atoms with Crippen molar-refractivity contribution in [2.24, 2.45) is 0 Å². The van der Waals surface area contributed by atoms with Crippen molar-refractivity contribution in [1.29, 1.82) is 0 Å². The predicted molar refractivity (Wildman–Crippen MR) is 74.6 cm³/mol. The molecule has 1 N–H and O–H groups in total. The fraction of sp³-hybridized carbons (Fsp3) is 0.500. The highest BCUT2D eigenvalue weighted by Crippen LogP contribution is 2.23. The quantitative estimate of drug-likeness (QED) is 0.924. The minimum absolute atomic E-state index is 0.0282. The molecule has 0 aliphatic carbocycles. The monoisotopic (exact) mass is 317 g/mol. The van der Waals surface area contributed by atoms with Gasteiger partial charge in [0, 0.05) is 11.6 Å². The first-order chi connectivity index (χ1) is 9.80. The molecule has 1 amide bonds. The predicted octanol–water partition coefficient (Wildman–Crippen LogP) is 1.76. The van der Waals surface area contributed by atoms with Crippen molar-refractivity contribution in [3.8, 4) is 0 Å². The second-order valence-corrected chi connectivity index (χ2v) is 7.60. The van der Waals surface area contributed by atoms with E-state index in [-0.39, 0.29) is 23.1 Å². The van der Waals surface area contributed by atoms with Gasteiger partial charge in [0.05, 0.1) is 17.4 Å². The van der Waals surface area contributed by atoms with Crippen LogP contribution in [0.4, 0.5) is 8.78 Å². The first-order valence-electron chi connectivity index (χ1n) is 6.75. The molecule has 1 aliphatic heterocycles. The number of rotatable bonds is 3. The molecule has 1 atom stereocenters. The van der Waals surface area contributed by atoms with Crippen LogP contribution in [-0.2, 0) is 14.6 Å². The lowest BCUT2D eigenvalue weighted by Crippen LogP contribution is -2.42. The standard InChI is InChI=1S/C14H17F2NO3S/c1-9(13-11(15)3-2-4-12(13)16)14(18)17-10-5-7-21(19,20)8-6-10/h2-4,9-10H,5-8H2,1H3,(H,17,18). The molecule has 1 unspecified atom stereocenters. The van der Waals surface area contributed by atoms with E-state index in [1.807, 2.05) is 0 Å². The zero-order chi connectivity index (χ0) is 15.6. The number of hydrogen-bond acceptors (Lipinski definition) is 3. The molecular formula is C14H17F2NO3S. The Kier molecular flexibility index (Phi) is 4.61. The first-order valence-corrected chi connectivity index (χ1v) is 8.57. The van der Waals surface area contributed by atoms with Crippen molar-refractivity contribution >= 4 is 15.7 Å². The molecule has 4 nitrogen and oxygen atoms in total. The highest BCUT2D eigenvalue weighted by Gasteiger charge is 2.28. The SMILES string of the molecule is CC(C(=O)NC1CCS(=O)(=O)CC1)c1c(F)cccc1F. The summed E-state index contributed by atoms with van der Waals surface area (Å²) in [6, 6.07) is 3.19. The van der Waals surface area contributed by atoms with E-state index in [0.717, 1.165) is 12.1 Å². The van der Waals surface area contributed by atoms with E-state index in [9.17, 15) is 22.0 Å². The summed E-state index contributed by atoms with van der Waals surface area (Å²) >= 11 is 0. The van der Waals surface area contributed by atoms with Crippen molar-refractivity contribution < 1.29 is 22.0 Å². The summed E-state index contributed by atoms with van der Waals surface area (Å²) in [5, 5.41) is 2.67. The molecule has 0 aromatic heterocycles. The van der Waals surface area contributed by atoms with Crippen molar-refractivity contribution in [3.05, 3.63) is 35.4 Å². The summed E-state index contributed by atoms with van der Waals surface area (Å²) in [4.78, 5) is 12.1. The Morgan fingerprint density at radius 3 is 2.29 bits per heavy atom. The molecule has 1 aliphatic rings. The number of benzene rings is 1. The molecule has 1 saturated heterocycles. The summed E-state index contributed by atoms with van der Waals surface area (Å²) in [5.74, 6) is -2.93. The van der Waals surface area contributed by atoms with Gasteiger partial charge < -0.3 is 5.32 Å². The summed E-state index contributed by atoms with van der Waals surface area (Å²) < 4.78 is 49.9. The molecule has 0 saturated carbocycles. The number of carbonyl (C=O) groups is 1. The fourth-order valence-electron chi connectivity index (χ4n) is 2.42. The molecule has 1 aromatic rings. The third kappa shape index (κ3) is 3.78. The molecule has 7 heteroatoms. The Hall–Kier alpha value is -1.50. The Balaban J connectivity index is 2.04. The average molecular weight is 317 g/mol. The van der Waals surface area contributed by atoms with Gasteiger partial charge in [-0.15, -0.1) is 0 Å². The van der Waals surface area contributed by atoms with E-state index < -0.39 is 33.3 Å². The van der Waals surface area contributed by atoms with Crippen LogP contribution in [0.15, 0.2) is 18.2 Å². The van der Waals surface area contributed by atoms with Crippen molar-refractivity contribution in [3.63, 3.8) is 0 Å². The van der Waals surface area contributed by atoms with E-state index in [1.165, 1.54) is 13.0 Å². The number of hydrogen-bond donors (Lipinski definition) is 1. The largest absolute Gasteiger partial charge is 0.353 e. The number of amides is 1. The minimum Gasteiger partial charge on any atom is -0.353 e. The van der Waals surface area contributed by atoms with Gasteiger partial charge in [0.15, 0.2) is 0 Å². The number of carbonyl (C=O) groups excluding carboxylic acids is 1. The molecule has 0 radical (unpaired) electrons. The maximum Gasteiger partial charge on any atom is 0.227 e. The van der Waals surface area contributed by atoms with Gasteiger partial charge >= 0.3 is 0 Å². The van der Waals surface area contributed by atoms with E-state index in [2.05, 4.69) is 5.32 Å². The summed E-state index contributed by atoms with van der Waals surface area (Å²) in [6.07, 6.45) is 0.668. The number of sulfone groups is 1. The van der Waals surface area contributed by atoms with E-state index in [0.29, 0.717) is 12.8 Å². The molecule has 1 heterocycles. The van der Waals surface area contributed by atoms with E-state index in [4.69, 9.17) is 0 Å². The lowest BCUT2D eigenvalue weighted by Gasteiger charge is -2.25. The Morgan fingerprint density at radius 2 is 1.76 bits per heavy atom. The van der Waals surface area contributed by atoms with Gasteiger partial charge in [0.2, 0.25) is 5.91 Å². The van der Waals surface area contributed by atoms with Gasteiger partial charge in [-0.2, -0.15) is 0 Å². The lowest BCUT2D eigenvalue weighted by atomic mass is 9.98. The van der Waals surface area contributed by atoms with Gasteiger partial charge in [-0.25, -0.2) is 17.2 Å². The molecular weight excluding hydrogens is 300 g/mol. The molecule has 2 rings (SSSR count). The fourth-order valence-corrected chi connectivity index (χ4v) is 3.91. The molecule has 21 heavy (non-hydrogen) atoms. The Labute approximate surface area is 122 Å². The number of halogens is 2. The van der Waals surface area contributed by atoms with Crippen LogP contribution in [0.1, 0.15) is 31.2 Å². The maximum atomic E-state index is 13.6. The van der Waals surface area contributed by atoms with E-state index >= 15 is 0 Å². The average Bonchev–Trinajstić information content (AvgIpc) is 2.40. The molecule has 1 aromatic carbocycles. The second-order valence-electron chi connectivity index (χ2n) is 5.29. The molecule has 0 bridgehead atoms. The lowest BCUT2D eigenvalue weighted by molar-refractivity contribution is -0.123. The van der Waals surface area contributed by atoms with Crippen LogP contribution in [0.3, 0.4) is 0 Å². The third-order valence-corrected chi connectivity index (χ3v) is 5.44. The minimum atomic E-state index is -3.01. The molecule has 116 valence electrons. The topological polar surface area (TPSA) is 63.2 Å². The van der Waals surface area contributed by atoms with Crippen LogP contribution in [0.2, 0.25) is 0 Å². The van der Waals surface area contributed by atoms with Gasteiger partial charge in [0.1, 0.15) is 21.5 Å². The van der Waals surface area contributed by atoms with Crippen LogP contribution >= 0.6 is 0 Å². The van der Waals surface area contributed by atoms with Gasteiger partial charge in [0.25, 0.3) is 0 Å². The van der Waals surface area contributed by atoms with Crippen LogP contribution < -0.4 is 5.32 Å². The summed E-state index contributed by atoms with van der Waals surface area (Å²) in [5.41, 5.74) is -0.265. The van der Waals surface area contributed by atoms with Crippen LogP contribution in [0.5, 0.6) is 0 Å². The van der Waals surface area contributed by atoms with E-state index in [1.54, 1.807) is 0 Å². The Bertz CT molecular complexity index is 611. The zero-order valence-electron chi connectivity index (χ0n) is 11.6. The van der Waals surface area contributed by atoms with Crippen LogP contribution in [0, 0.1) is 11.6 Å². The zero-order valence-corrected chi connectivity index (χ0v) is 12.4. The van der Waals surface area contributed by atoms with Crippen molar-refractivity contribution in [1.82, 2.24) is 5.32 Å². The Morgan fingerprint density at radius 1 is 1.24 bits per heavy atom. The van der Waals surface area contributed by atoms with Gasteiger partial charge in [-0.05, 0) is 31.9 Å². The van der Waals surface area contributed by atoms with Crippen LogP contribution in [0.25, 0.3) is 0 Å². The highest BCUT2D eigenvalue weighted by molar-refractivity contribution is 7.91.